The molecule has 2 atom stereocenters. The average Bonchev–Trinajstić information content (AvgIpc) is 3.31. The summed E-state index contributed by atoms with van der Waals surface area (Å²) in [5.41, 5.74) is 7.58. The first-order valence-corrected chi connectivity index (χ1v) is 20.5. The second kappa shape index (κ2) is 15.3. The number of halogens is 3. The van der Waals surface area contributed by atoms with Crippen molar-refractivity contribution in [2.24, 2.45) is 5.92 Å². The van der Waals surface area contributed by atoms with Gasteiger partial charge in [-0.1, -0.05) is 84.2 Å². The zero-order valence-corrected chi connectivity index (χ0v) is 33.3. The molecule has 2 saturated heterocycles. The van der Waals surface area contributed by atoms with Crippen LogP contribution in [0.4, 0.5) is 11.5 Å². The number of nitrogens with one attached hydrogen (secondary N) is 3. The Morgan fingerprint density at radius 1 is 0.929 bits per heavy atom. The highest BCUT2D eigenvalue weighted by Crippen LogP contribution is 2.53. The fraction of sp³-hybridized carbons (Fsp3) is 0.295. The molecule has 0 aliphatic carbocycles. The minimum atomic E-state index is -0.357. The van der Waals surface area contributed by atoms with Gasteiger partial charge < -0.3 is 30.3 Å². The lowest BCUT2D eigenvalue weighted by Crippen LogP contribution is -2.48. The summed E-state index contributed by atoms with van der Waals surface area (Å²) in [6.07, 6.45) is 9.51. The van der Waals surface area contributed by atoms with E-state index in [-0.39, 0.29) is 29.8 Å². The molecular formula is C44H42Cl3N7O2. The zero-order valence-electron chi connectivity index (χ0n) is 31.0. The first-order chi connectivity index (χ1) is 27.3. The molecule has 5 aromatic rings. The summed E-state index contributed by atoms with van der Waals surface area (Å²) in [6.45, 7) is 5.72. The van der Waals surface area contributed by atoms with E-state index in [1.54, 1.807) is 12.3 Å². The third kappa shape index (κ3) is 6.64. The number of nitrogens with zero attached hydrogens (tertiary/aromatic N) is 4. The number of piperidine rings is 1. The smallest absolute Gasteiger partial charge is 0.272 e. The summed E-state index contributed by atoms with van der Waals surface area (Å²) in [4.78, 5) is 42.6. The zero-order chi connectivity index (χ0) is 38.5. The van der Waals surface area contributed by atoms with Crippen molar-refractivity contribution < 1.29 is 9.59 Å². The van der Waals surface area contributed by atoms with Crippen LogP contribution in [0, 0.1) is 5.92 Å². The fourth-order valence-electron chi connectivity index (χ4n) is 9.11. The monoisotopic (exact) mass is 805 g/mol. The van der Waals surface area contributed by atoms with Gasteiger partial charge in [0.05, 0.1) is 24.0 Å². The Balaban J connectivity index is 1.15. The van der Waals surface area contributed by atoms with Crippen LogP contribution in [0.5, 0.6) is 0 Å². The van der Waals surface area contributed by atoms with Gasteiger partial charge in [0.25, 0.3) is 5.91 Å². The largest absolute Gasteiger partial charge is 0.355 e. The molecule has 6 heterocycles. The highest BCUT2D eigenvalue weighted by atomic mass is 35.5. The molecule has 286 valence electrons. The number of amides is 2. The van der Waals surface area contributed by atoms with E-state index in [0.717, 1.165) is 96.3 Å². The number of H-pyrrole nitrogens is 1. The number of fused-ring (bicyclic) bond motifs is 2. The molecule has 4 aliphatic rings. The van der Waals surface area contributed by atoms with Crippen LogP contribution in [0.25, 0.3) is 22.2 Å². The number of hydrogen-bond acceptors (Lipinski definition) is 6. The van der Waals surface area contributed by atoms with Crippen molar-refractivity contribution in [3.05, 3.63) is 134 Å². The van der Waals surface area contributed by atoms with Gasteiger partial charge in [-0.2, -0.15) is 0 Å². The van der Waals surface area contributed by atoms with Gasteiger partial charge in [-0.25, -0.2) is 4.98 Å². The van der Waals surface area contributed by atoms with Crippen LogP contribution >= 0.6 is 34.8 Å². The maximum atomic E-state index is 14.9. The Labute approximate surface area is 341 Å². The molecule has 56 heavy (non-hydrogen) atoms. The molecule has 12 heteroatoms. The SMILES string of the molecule is CC1CC=CN2C(=C1c1ccccc1)c1c(C(=O)Nc3cccnc3N3CCC(N4CCCNCC4=O)CC3)[nH]c3cc(Cl)cc(c13)C2c1ccc(Cl)cc1Cl. The van der Waals surface area contributed by atoms with Crippen molar-refractivity contribution in [2.75, 3.05) is 42.9 Å². The minimum absolute atomic E-state index is 0.124. The van der Waals surface area contributed by atoms with E-state index in [2.05, 4.69) is 73.8 Å². The van der Waals surface area contributed by atoms with E-state index in [1.165, 1.54) is 0 Å². The van der Waals surface area contributed by atoms with E-state index in [4.69, 9.17) is 39.8 Å². The Morgan fingerprint density at radius 2 is 1.75 bits per heavy atom. The Morgan fingerprint density at radius 3 is 2.55 bits per heavy atom. The van der Waals surface area contributed by atoms with Crippen LogP contribution in [0.2, 0.25) is 15.1 Å². The number of hydrogen-bond donors (Lipinski definition) is 3. The number of allylic oxidation sites excluding steroid dienone is 2. The van der Waals surface area contributed by atoms with Crippen molar-refractivity contribution in [1.82, 2.24) is 25.1 Å². The molecule has 0 radical (unpaired) electrons. The summed E-state index contributed by atoms with van der Waals surface area (Å²) in [5, 5.41) is 9.06. The van der Waals surface area contributed by atoms with E-state index in [1.807, 2.05) is 42.5 Å². The summed E-state index contributed by atoms with van der Waals surface area (Å²) in [7, 11) is 0. The van der Waals surface area contributed by atoms with Crippen molar-refractivity contribution in [3.8, 4) is 0 Å². The number of aromatic nitrogens is 2. The van der Waals surface area contributed by atoms with Gasteiger partial charge in [0, 0.05) is 69.6 Å². The maximum Gasteiger partial charge on any atom is 0.272 e. The maximum absolute atomic E-state index is 14.9. The Hall–Kier alpha value is -4.80. The lowest BCUT2D eigenvalue weighted by Gasteiger charge is -2.40. The second-order valence-electron chi connectivity index (χ2n) is 15.1. The van der Waals surface area contributed by atoms with Gasteiger partial charge in [0.15, 0.2) is 5.82 Å². The first-order valence-electron chi connectivity index (χ1n) is 19.3. The predicted molar refractivity (Wildman–Crippen MR) is 226 cm³/mol. The number of aromatic amines is 1. The number of anilines is 2. The molecule has 3 N–H and O–H groups in total. The number of carbonyl (C=O) groups is 2. The Kier molecular flexibility index (Phi) is 10.0. The first kappa shape index (κ1) is 36.8. The van der Waals surface area contributed by atoms with Crippen LogP contribution < -0.4 is 15.5 Å². The number of pyridine rings is 1. The van der Waals surface area contributed by atoms with Crippen LogP contribution in [-0.2, 0) is 4.79 Å². The van der Waals surface area contributed by atoms with Crippen molar-refractivity contribution in [1.29, 1.82) is 0 Å². The summed E-state index contributed by atoms with van der Waals surface area (Å²) < 4.78 is 0. The molecular weight excluding hydrogens is 765 g/mol. The highest BCUT2D eigenvalue weighted by Gasteiger charge is 2.40. The van der Waals surface area contributed by atoms with Crippen LogP contribution in [0.3, 0.4) is 0 Å². The second-order valence-corrected chi connectivity index (χ2v) is 16.4. The normalized spacial score (nSPS) is 20.3. The van der Waals surface area contributed by atoms with Gasteiger partial charge in [0.2, 0.25) is 5.91 Å². The molecule has 2 fully saturated rings. The van der Waals surface area contributed by atoms with Crippen LogP contribution in [-0.4, -0.2) is 70.3 Å². The predicted octanol–water partition coefficient (Wildman–Crippen LogP) is 9.39. The van der Waals surface area contributed by atoms with Gasteiger partial charge in [-0.3, -0.25) is 9.59 Å². The van der Waals surface area contributed by atoms with Crippen LogP contribution in [0.15, 0.2) is 91.3 Å². The number of carbonyl (C=O) groups excluding carboxylic acids is 2. The molecule has 2 unspecified atom stereocenters. The van der Waals surface area contributed by atoms with Gasteiger partial charge in [0.1, 0.15) is 5.69 Å². The Bertz CT molecular complexity index is 2400. The van der Waals surface area contributed by atoms with E-state index in [0.29, 0.717) is 38.8 Å². The molecule has 9 nitrogen and oxygen atoms in total. The summed E-state index contributed by atoms with van der Waals surface area (Å²) in [6, 6.07) is 23.5. The molecule has 0 bridgehead atoms. The topological polar surface area (TPSA) is 96.6 Å². The average molecular weight is 807 g/mol. The minimum Gasteiger partial charge on any atom is -0.355 e. The molecule has 0 spiro atoms. The molecule has 3 aromatic carbocycles. The van der Waals surface area contributed by atoms with E-state index < -0.39 is 0 Å². The van der Waals surface area contributed by atoms with E-state index in [9.17, 15) is 9.59 Å². The van der Waals surface area contributed by atoms with Crippen molar-refractivity contribution in [2.45, 2.75) is 44.7 Å². The molecule has 9 rings (SSSR count). The highest BCUT2D eigenvalue weighted by molar-refractivity contribution is 6.35. The van der Waals surface area contributed by atoms with Gasteiger partial charge in [-0.05, 0) is 96.8 Å². The quantitative estimate of drug-likeness (QED) is 0.158. The standard InChI is InChI=1S/C44H42Cl3N7O2/c1-26-8-6-18-54-41(31-13-12-28(45)23-33(31)47)32-22-29(46)24-35-38(32)39(42(54)37(26)27-9-3-2-4-10-27)40(50-35)44(56)51-34-11-5-17-49-43(34)52-20-14-30(15-21-52)53-19-7-16-48-25-36(53)55/h2-6,9-13,17-18,22-24,26,30,41,48,50H,7-8,14-16,19-21,25H2,1H3,(H,51,56). The van der Waals surface area contributed by atoms with Crippen molar-refractivity contribution >= 4 is 80.3 Å². The van der Waals surface area contributed by atoms with Crippen molar-refractivity contribution in [3.63, 3.8) is 0 Å². The van der Waals surface area contributed by atoms with Crippen LogP contribution in [0.1, 0.15) is 71.4 Å². The van der Waals surface area contributed by atoms with Gasteiger partial charge >= 0.3 is 0 Å². The third-order valence-corrected chi connectivity index (χ3v) is 12.4. The molecule has 2 aromatic heterocycles. The lowest BCUT2D eigenvalue weighted by molar-refractivity contribution is -0.132. The third-order valence-electron chi connectivity index (χ3n) is 11.6. The number of rotatable bonds is 6. The van der Waals surface area contributed by atoms with E-state index >= 15 is 0 Å². The fourth-order valence-corrected chi connectivity index (χ4v) is 9.84. The summed E-state index contributed by atoms with van der Waals surface area (Å²) >= 11 is 20.3. The molecule has 4 aliphatic heterocycles. The van der Waals surface area contributed by atoms with Gasteiger partial charge in [-0.15, -0.1) is 0 Å². The molecule has 2 amide bonds. The number of benzene rings is 3. The summed E-state index contributed by atoms with van der Waals surface area (Å²) in [5.74, 6) is 0.724. The molecule has 0 saturated carbocycles. The lowest BCUT2D eigenvalue weighted by atomic mass is 9.82.